The van der Waals surface area contributed by atoms with Crippen LogP contribution in [0.3, 0.4) is 0 Å². The van der Waals surface area contributed by atoms with Crippen molar-refractivity contribution in [1.29, 1.82) is 0 Å². The Hall–Kier alpha value is -1.91. The molecule has 1 aromatic rings. The monoisotopic (exact) mass is 342 g/mol. The fraction of sp³-hybridized carbons (Fsp3) is 0.650. The molecule has 0 aliphatic heterocycles. The van der Waals surface area contributed by atoms with Crippen molar-refractivity contribution in [3.05, 3.63) is 29.6 Å². The zero-order valence-corrected chi connectivity index (χ0v) is 15.1. The van der Waals surface area contributed by atoms with Crippen molar-refractivity contribution in [1.82, 2.24) is 15.3 Å². The molecule has 25 heavy (non-hydrogen) atoms. The molecule has 0 atom stereocenters. The van der Waals surface area contributed by atoms with Crippen molar-refractivity contribution in [2.75, 3.05) is 11.9 Å². The number of carbonyl (C=O) groups excluding carboxylic acids is 1. The highest BCUT2D eigenvalue weighted by Gasteiger charge is 2.16. The molecule has 5 heteroatoms. The minimum atomic E-state index is -0.0502. The van der Waals surface area contributed by atoms with Crippen molar-refractivity contribution in [2.24, 2.45) is 0 Å². The lowest BCUT2D eigenvalue weighted by Crippen LogP contribution is -2.34. The van der Waals surface area contributed by atoms with Crippen molar-refractivity contribution >= 4 is 11.9 Å². The predicted octanol–water partition coefficient (Wildman–Crippen LogP) is 4.23. The second-order valence-corrected chi connectivity index (χ2v) is 7.24. The molecule has 0 aromatic carbocycles. The zero-order valence-electron chi connectivity index (χ0n) is 15.1. The number of allylic oxidation sites excluding steroid dienone is 1. The van der Waals surface area contributed by atoms with Gasteiger partial charge >= 0.3 is 0 Å². The summed E-state index contributed by atoms with van der Waals surface area (Å²) in [6, 6.07) is 0.302. The largest absolute Gasteiger partial charge is 0.354 e. The summed E-state index contributed by atoms with van der Waals surface area (Å²) < 4.78 is 0. The van der Waals surface area contributed by atoms with Crippen LogP contribution in [0.1, 0.15) is 81.0 Å². The molecule has 1 heterocycles. The molecule has 0 saturated heterocycles. The van der Waals surface area contributed by atoms with Crippen molar-refractivity contribution < 1.29 is 4.79 Å². The zero-order chi connectivity index (χ0) is 17.3. The topological polar surface area (TPSA) is 66.9 Å². The van der Waals surface area contributed by atoms with Gasteiger partial charge in [0.1, 0.15) is 0 Å². The van der Waals surface area contributed by atoms with Crippen molar-refractivity contribution in [3.8, 4) is 0 Å². The van der Waals surface area contributed by atoms with Gasteiger partial charge in [0.05, 0.1) is 5.56 Å². The van der Waals surface area contributed by atoms with Crippen LogP contribution in [0.15, 0.2) is 24.0 Å². The van der Waals surface area contributed by atoms with Crippen LogP contribution in [0.5, 0.6) is 0 Å². The molecule has 2 N–H and O–H groups in total. The Bertz CT molecular complexity index is 574. The number of carbonyl (C=O) groups is 1. The lowest BCUT2D eigenvalue weighted by molar-refractivity contribution is 0.0932. The minimum Gasteiger partial charge on any atom is -0.354 e. The Balaban J connectivity index is 1.44. The van der Waals surface area contributed by atoms with E-state index in [0.717, 1.165) is 25.8 Å². The van der Waals surface area contributed by atoms with E-state index in [1.807, 2.05) is 0 Å². The molecule has 0 bridgehead atoms. The molecule has 2 aliphatic carbocycles. The number of amides is 1. The van der Waals surface area contributed by atoms with Gasteiger partial charge in [-0.15, -0.1) is 0 Å². The van der Waals surface area contributed by atoms with Gasteiger partial charge < -0.3 is 10.6 Å². The van der Waals surface area contributed by atoms with Gasteiger partial charge in [-0.2, -0.15) is 0 Å². The van der Waals surface area contributed by atoms with E-state index in [1.165, 1.54) is 56.9 Å². The molecule has 0 radical (unpaired) electrons. The highest BCUT2D eigenvalue weighted by molar-refractivity contribution is 5.93. The quantitative estimate of drug-likeness (QED) is 0.600. The molecule has 136 valence electrons. The van der Waals surface area contributed by atoms with Crippen LogP contribution in [-0.2, 0) is 0 Å². The molecule has 1 amide bonds. The van der Waals surface area contributed by atoms with Gasteiger partial charge in [0, 0.05) is 25.0 Å². The summed E-state index contributed by atoms with van der Waals surface area (Å²) in [5.41, 5.74) is 2.09. The Kier molecular flexibility index (Phi) is 6.83. The van der Waals surface area contributed by atoms with Gasteiger partial charge in [-0.25, -0.2) is 9.97 Å². The van der Waals surface area contributed by atoms with Gasteiger partial charge in [-0.1, -0.05) is 37.3 Å². The number of nitrogens with one attached hydrogen (secondary N) is 2. The van der Waals surface area contributed by atoms with E-state index in [4.69, 9.17) is 0 Å². The standard InChI is InChI=1S/C20H30N4O/c25-19(24-18-10-6-1-2-7-11-18)17-14-22-20(23-15-17)21-13-12-16-8-4-3-5-9-16/h8,14-15,18H,1-7,9-13H2,(H,24,25)(H,21,22,23). The Morgan fingerprint density at radius 3 is 2.48 bits per heavy atom. The van der Waals surface area contributed by atoms with Gasteiger partial charge in [-0.05, 0) is 44.9 Å². The molecule has 1 aromatic heterocycles. The van der Waals surface area contributed by atoms with E-state index < -0.39 is 0 Å². The summed E-state index contributed by atoms with van der Waals surface area (Å²) in [7, 11) is 0. The summed E-state index contributed by atoms with van der Waals surface area (Å²) in [5.74, 6) is 0.549. The first kappa shape index (κ1) is 17.9. The smallest absolute Gasteiger partial charge is 0.254 e. The number of hydrogen-bond acceptors (Lipinski definition) is 4. The summed E-state index contributed by atoms with van der Waals surface area (Å²) in [6.45, 7) is 0.847. The predicted molar refractivity (Wildman–Crippen MR) is 101 cm³/mol. The first-order valence-electron chi connectivity index (χ1n) is 9.86. The SMILES string of the molecule is O=C(NC1CCCCCC1)c1cnc(NCCC2=CCCCC2)nc1. The molecule has 2 aliphatic rings. The maximum absolute atomic E-state index is 12.3. The second kappa shape index (κ2) is 9.54. The summed E-state index contributed by atoms with van der Waals surface area (Å²) >= 11 is 0. The maximum atomic E-state index is 12.3. The van der Waals surface area contributed by atoms with Gasteiger partial charge in [0.2, 0.25) is 5.95 Å². The van der Waals surface area contributed by atoms with Gasteiger partial charge in [0.25, 0.3) is 5.91 Å². The number of rotatable bonds is 6. The first-order chi connectivity index (χ1) is 12.3. The normalized spacial score (nSPS) is 19.0. The third kappa shape index (κ3) is 5.83. The fourth-order valence-electron chi connectivity index (χ4n) is 3.70. The molecule has 0 unspecified atom stereocenters. The molecular weight excluding hydrogens is 312 g/mol. The first-order valence-corrected chi connectivity index (χ1v) is 9.86. The van der Waals surface area contributed by atoms with Crippen LogP contribution in [-0.4, -0.2) is 28.5 Å². The van der Waals surface area contributed by atoms with Crippen molar-refractivity contribution in [3.63, 3.8) is 0 Å². The average Bonchev–Trinajstić information content (AvgIpc) is 2.92. The van der Waals surface area contributed by atoms with E-state index in [1.54, 1.807) is 12.4 Å². The van der Waals surface area contributed by atoms with Crippen LogP contribution in [0.4, 0.5) is 5.95 Å². The van der Waals surface area contributed by atoms with E-state index >= 15 is 0 Å². The van der Waals surface area contributed by atoms with Crippen LogP contribution in [0.2, 0.25) is 0 Å². The van der Waals surface area contributed by atoms with E-state index in [9.17, 15) is 4.79 Å². The van der Waals surface area contributed by atoms with E-state index in [0.29, 0.717) is 17.6 Å². The Morgan fingerprint density at radius 2 is 1.80 bits per heavy atom. The molecule has 3 rings (SSSR count). The average molecular weight is 342 g/mol. The van der Waals surface area contributed by atoms with Gasteiger partial charge in [0.15, 0.2) is 0 Å². The molecule has 1 fully saturated rings. The lowest BCUT2D eigenvalue weighted by atomic mass is 9.97. The van der Waals surface area contributed by atoms with Crippen LogP contribution in [0, 0.1) is 0 Å². The number of anilines is 1. The van der Waals surface area contributed by atoms with E-state index in [-0.39, 0.29) is 5.91 Å². The summed E-state index contributed by atoms with van der Waals surface area (Å²) in [4.78, 5) is 20.9. The summed E-state index contributed by atoms with van der Waals surface area (Å²) in [6.07, 6.45) is 18.9. The lowest BCUT2D eigenvalue weighted by Gasteiger charge is -2.16. The third-order valence-electron chi connectivity index (χ3n) is 5.22. The third-order valence-corrected chi connectivity index (χ3v) is 5.22. The number of hydrogen-bond donors (Lipinski definition) is 2. The molecular formula is C20H30N4O. The van der Waals surface area contributed by atoms with Crippen LogP contribution in [0.25, 0.3) is 0 Å². The molecule has 5 nitrogen and oxygen atoms in total. The fourth-order valence-corrected chi connectivity index (χ4v) is 3.70. The van der Waals surface area contributed by atoms with E-state index in [2.05, 4.69) is 26.7 Å². The molecule has 1 saturated carbocycles. The highest BCUT2D eigenvalue weighted by Crippen LogP contribution is 2.20. The summed E-state index contributed by atoms with van der Waals surface area (Å²) in [5, 5.41) is 6.39. The highest BCUT2D eigenvalue weighted by atomic mass is 16.1. The van der Waals surface area contributed by atoms with Crippen molar-refractivity contribution in [2.45, 2.75) is 76.7 Å². The Labute approximate surface area is 150 Å². The number of aromatic nitrogens is 2. The minimum absolute atomic E-state index is 0.0502. The molecule has 0 spiro atoms. The van der Waals surface area contributed by atoms with Crippen LogP contribution >= 0.6 is 0 Å². The van der Waals surface area contributed by atoms with Gasteiger partial charge in [-0.3, -0.25) is 4.79 Å². The Morgan fingerprint density at radius 1 is 1.04 bits per heavy atom. The number of nitrogens with zero attached hydrogens (tertiary/aromatic N) is 2. The second-order valence-electron chi connectivity index (χ2n) is 7.24. The van der Waals surface area contributed by atoms with Crippen LogP contribution < -0.4 is 10.6 Å². The maximum Gasteiger partial charge on any atom is 0.254 e.